The largest absolute Gasteiger partial charge is 0.506 e. The van der Waals surface area contributed by atoms with Gasteiger partial charge in [-0.3, -0.25) is 14.6 Å². The molecule has 26 heavy (non-hydrogen) atoms. The molecule has 3 aromatic rings. The Morgan fingerprint density at radius 2 is 2.23 bits per heavy atom. The van der Waals surface area contributed by atoms with Gasteiger partial charge in [-0.25, -0.2) is 4.39 Å². The summed E-state index contributed by atoms with van der Waals surface area (Å²) in [5.41, 5.74) is 0.557. The summed E-state index contributed by atoms with van der Waals surface area (Å²) < 4.78 is 15.5. The fourth-order valence-electron chi connectivity index (χ4n) is 3.52. The summed E-state index contributed by atoms with van der Waals surface area (Å²) >= 11 is 0. The number of carbonyl (C=O) groups is 1. The molecule has 1 atom stereocenters. The molecule has 0 bridgehead atoms. The van der Waals surface area contributed by atoms with Crippen molar-refractivity contribution in [1.29, 1.82) is 0 Å². The minimum atomic E-state index is -0.755. The van der Waals surface area contributed by atoms with Crippen molar-refractivity contribution in [2.45, 2.75) is 25.8 Å². The van der Waals surface area contributed by atoms with Crippen LogP contribution in [0.5, 0.6) is 5.75 Å². The SMILES string of the molecule is C[C@@H]1CCc2cc(F)cc3c(O)c(C(=O)Nc4cccnc4)c(=O)n1c23. The second-order valence-electron chi connectivity index (χ2n) is 6.44. The highest BCUT2D eigenvalue weighted by Gasteiger charge is 2.28. The first-order valence-corrected chi connectivity index (χ1v) is 8.28. The Labute approximate surface area is 147 Å². The molecular formula is C19H16FN3O3. The monoisotopic (exact) mass is 353 g/mol. The van der Waals surface area contributed by atoms with Crippen molar-refractivity contribution >= 4 is 22.5 Å². The summed E-state index contributed by atoms with van der Waals surface area (Å²) in [4.78, 5) is 29.5. The summed E-state index contributed by atoms with van der Waals surface area (Å²) in [6.45, 7) is 1.87. The van der Waals surface area contributed by atoms with Gasteiger partial charge in [0.05, 0.1) is 17.4 Å². The Morgan fingerprint density at radius 3 is 2.96 bits per heavy atom. The maximum Gasteiger partial charge on any atom is 0.267 e. The number of nitrogens with one attached hydrogen (secondary N) is 1. The molecule has 0 radical (unpaired) electrons. The van der Waals surface area contributed by atoms with Gasteiger partial charge in [0.1, 0.15) is 17.1 Å². The second-order valence-corrected chi connectivity index (χ2v) is 6.44. The van der Waals surface area contributed by atoms with E-state index in [1.165, 1.54) is 16.8 Å². The third kappa shape index (κ3) is 2.44. The van der Waals surface area contributed by atoms with Gasteiger partial charge in [0, 0.05) is 17.6 Å². The average molecular weight is 353 g/mol. The number of carbonyl (C=O) groups excluding carboxylic acids is 1. The smallest absolute Gasteiger partial charge is 0.267 e. The van der Waals surface area contributed by atoms with Crippen molar-refractivity contribution in [3.8, 4) is 5.75 Å². The molecule has 2 N–H and O–H groups in total. The van der Waals surface area contributed by atoms with E-state index in [-0.39, 0.29) is 11.4 Å². The molecule has 7 heteroatoms. The summed E-state index contributed by atoms with van der Waals surface area (Å²) in [6.07, 6.45) is 4.24. The van der Waals surface area contributed by atoms with Crippen LogP contribution < -0.4 is 10.9 Å². The first kappa shape index (κ1) is 16.3. The van der Waals surface area contributed by atoms with Gasteiger partial charge in [0.25, 0.3) is 11.5 Å². The molecule has 132 valence electrons. The molecule has 0 saturated carbocycles. The molecule has 3 heterocycles. The first-order valence-electron chi connectivity index (χ1n) is 8.28. The van der Waals surface area contributed by atoms with E-state index in [0.717, 1.165) is 6.07 Å². The number of anilines is 1. The lowest BCUT2D eigenvalue weighted by atomic mass is 9.95. The number of halogens is 1. The van der Waals surface area contributed by atoms with Crippen LogP contribution in [0.2, 0.25) is 0 Å². The lowest BCUT2D eigenvalue weighted by Gasteiger charge is -2.26. The maximum atomic E-state index is 14.0. The Kier molecular flexibility index (Phi) is 3.72. The Hall–Kier alpha value is -3.22. The predicted octanol–water partition coefficient (Wildman–Crippen LogP) is 3.00. The van der Waals surface area contributed by atoms with E-state index in [1.54, 1.807) is 18.3 Å². The number of aryl methyl sites for hydroxylation is 1. The van der Waals surface area contributed by atoms with Crippen LogP contribution in [0.15, 0.2) is 41.5 Å². The Balaban J connectivity index is 1.96. The van der Waals surface area contributed by atoms with Crippen LogP contribution in [0.1, 0.15) is 35.3 Å². The summed E-state index contributed by atoms with van der Waals surface area (Å²) in [7, 11) is 0. The maximum absolute atomic E-state index is 14.0. The van der Waals surface area contributed by atoms with E-state index in [1.807, 2.05) is 6.92 Å². The molecule has 0 unspecified atom stereocenters. The third-order valence-electron chi connectivity index (χ3n) is 4.74. The summed E-state index contributed by atoms with van der Waals surface area (Å²) in [6, 6.07) is 5.62. The van der Waals surface area contributed by atoms with E-state index in [4.69, 9.17) is 0 Å². The number of pyridine rings is 2. The molecule has 4 rings (SSSR count). The van der Waals surface area contributed by atoms with Gasteiger partial charge >= 0.3 is 0 Å². The topological polar surface area (TPSA) is 84.2 Å². The third-order valence-corrected chi connectivity index (χ3v) is 4.74. The fourth-order valence-corrected chi connectivity index (χ4v) is 3.52. The number of rotatable bonds is 2. The molecule has 1 aromatic carbocycles. The number of amides is 1. The average Bonchev–Trinajstić information content (AvgIpc) is 2.61. The molecule has 6 nitrogen and oxygen atoms in total. The van der Waals surface area contributed by atoms with Crippen molar-refractivity contribution in [2.75, 3.05) is 5.32 Å². The van der Waals surface area contributed by atoms with Crippen LogP contribution in [0.25, 0.3) is 10.9 Å². The number of aromatic hydroxyl groups is 1. The molecule has 1 amide bonds. The van der Waals surface area contributed by atoms with Crippen molar-refractivity contribution < 1.29 is 14.3 Å². The molecule has 0 spiro atoms. The lowest BCUT2D eigenvalue weighted by Crippen LogP contribution is -2.33. The van der Waals surface area contributed by atoms with Crippen LogP contribution in [-0.4, -0.2) is 20.6 Å². The molecule has 1 aliphatic rings. The summed E-state index contributed by atoms with van der Waals surface area (Å²) in [5.74, 6) is -1.77. The zero-order valence-electron chi connectivity index (χ0n) is 14.0. The van der Waals surface area contributed by atoms with Gasteiger partial charge in [0.15, 0.2) is 0 Å². The van der Waals surface area contributed by atoms with E-state index in [2.05, 4.69) is 10.3 Å². The number of hydrogen-bond acceptors (Lipinski definition) is 4. The van der Waals surface area contributed by atoms with Gasteiger partial charge in [-0.1, -0.05) is 0 Å². The van der Waals surface area contributed by atoms with Crippen LogP contribution in [0.3, 0.4) is 0 Å². The standard InChI is InChI=1S/C19H16FN3O3/c1-10-4-5-11-7-12(20)8-14-16(11)23(10)19(26)15(17(14)24)18(25)22-13-3-2-6-21-9-13/h2-3,6-10,24H,4-5H2,1H3,(H,22,25)/t10-/m1/s1. The van der Waals surface area contributed by atoms with Gasteiger partial charge in [0.2, 0.25) is 0 Å². The number of hydrogen-bond donors (Lipinski definition) is 2. The van der Waals surface area contributed by atoms with Crippen LogP contribution in [0.4, 0.5) is 10.1 Å². The lowest BCUT2D eigenvalue weighted by molar-refractivity contribution is 0.102. The predicted molar refractivity (Wildman–Crippen MR) is 95.1 cm³/mol. The highest BCUT2D eigenvalue weighted by Crippen LogP contribution is 2.35. The Bertz CT molecular complexity index is 1090. The second kappa shape index (κ2) is 5.94. The van der Waals surface area contributed by atoms with E-state index in [0.29, 0.717) is 29.6 Å². The van der Waals surface area contributed by atoms with Gasteiger partial charge in [-0.05, 0) is 49.6 Å². The zero-order chi connectivity index (χ0) is 18.4. The molecule has 1 aliphatic heterocycles. The zero-order valence-corrected chi connectivity index (χ0v) is 14.0. The minimum Gasteiger partial charge on any atom is -0.506 e. The van der Waals surface area contributed by atoms with Gasteiger partial charge in [-0.2, -0.15) is 0 Å². The number of benzene rings is 1. The molecule has 2 aromatic heterocycles. The van der Waals surface area contributed by atoms with E-state index < -0.39 is 28.6 Å². The molecule has 0 fully saturated rings. The normalized spacial score (nSPS) is 15.8. The highest BCUT2D eigenvalue weighted by atomic mass is 19.1. The first-order chi connectivity index (χ1) is 12.5. The van der Waals surface area contributed by atoms with Crippen LogP contribution in [0, 0.1) is 5.82 Å². The quantitative estimate of drug-likeness (QED) is 0.742. The molecule has 0 aliphatic carbocycles. The van der Waals surface area contributed by atoms with Gasteiger partial charge in [-0.15, -0.1) is 0 Å². The van der Waals surface area contributed by atoms with Crippen LogP contribution in [-0.2, 0) is 6.42 Å². The Morgan fingerprint density at radius 1 is 1.42 bits per heavy atom. The number of nitrogens with zero attached hydrogens (tertiary/aromatic N) is 2. The van der Waals surface area contributed by atoms with Crippen LogP contribution >= 0.6 is 0 Å². The number of aromatic nitrogens is 2. The molecular weight excluding hydrogens is 337 g/mol. The van der Waals surface area contributed by atoms with Crippen molar-refractivity contribution in [2.24, 2.45) is 0 Å². The van der Waals surface area contributed by atoms with E-state index in [9.17, 15) is 19.1 Å². The van der Waals surface area contributed by atoms with E-state index >= 15 is 0 Å². The minimum absolute atomic E-state index is 0.159. The summed E-state index contributed by atoms with van der Waals surface area (Å²) in [5, 5.41) is 13.3. The molecule has 0 saturated heterocycles. The highest BCUT2D eigenvalue weighted by molar-refractivity contribution is 6.09. The van der Waals surface area contributed by atoms with Crippen molar-refractivity contribution in [1.82, 2.24) is 9.55 Å². The van der Waals surface area contributed by atoms with Crippen molar-refractivity contribution in [3.05, 3.63) is 64.0 Å². The fraction of sp³-hybridized carbons (Fsp3) is 0.211. The van der Waals surface area contributed by atoms with Crippen molar-refractivity contribution in [3.63, 3.8) is 0 Å². The van der Waals surface area contributed by atoms with Gasteiger partial charge < -0.3 is 15.0 Å².